The number of rotatable bonds is 1. The van der Waals surface area contributed by atoms with Crippen LogP contribution in [0.5, 0.6) is 0 Å². The lowest BCUT2D eigenvalue weighted by Gasteiger charge is -1.87. The molecule has 1 radical (unpaired) electrons. The standard InChI is InChI=1S/C3H7OS/c1-5(2)3-4/h3,5H,1H2,2H3. The minimum atomic E-state index is -0.529. The summed E-state index contributed by atoms with van der Waals surface area (Å²) in [5, 5.41) is 0. The molecule has 0 aliphatic rings. The van der Waals surface area contributed by atoms with E-state index >= 15 is 0 Å². The first-order valence-corrected chi connectivity index (χ1v) is 3.30. The van der Waals surface area contributed by atoms with Gasteiger partial charge in [0.15, 0.2) is 5.62 Å². The Morgan fingerprint density at radius 2 is 2.20 bits per heavy atom. The van der Waals surface area contributed by atoms with Crippen molar-refractivity contribution in [2.24, 2.45) is 0 Å². The summed E-state index contributed by atoms with van der Waals surface area (Å²) in [6.07, 6.45) is 5.26. The van der Waals surface area contributed by atoms with Crippen LogP contribution in [0.2, 0.25) is 0 Å². The van der Waals surface area contributed by atoms with Gasteiger partial charge in [0.25, 0.3) is 0 Å². The zero-order chi connectivity index (χ0) is 4.28. The molecule has 0 aromatic carbocycles. The summed E-state index contributed by atoms with van der Waals surface area (Å²) in [6, 6.07) is 0. The molecule has 2 heteroatoms. The van der Waals surface area contributed by atoms with Crippen molar-refractivity contribution < 1.29 is 4.79 Å². The van der Waals surface area contributed by atoms with E-state index in [2.05, 4.69) is 6.26 Å². The van der Waals surface area contributed by atoms with Crippen molar-refractivity contribution in [1.29, 1.82) is 0 Å². The topological polar surface area (TPSA) is 17.1 Å². The molecular weight excluding hydrogens is 84.1 g/mol. The predicted molar refractivity (Wildman–Crippen MR) is 27.0 cm³/mol. The van der Waals surface area contributed by atoms with Crippen molar-refractivity contribution in [3.05, 3.63) is 6.26 Å². The Balaban J connectivity index is 2.83. The van der Waals surface area contributed by atoms with Crippen LogP contribution >= 0.6 is 10.9 Å². The van der Waals surface area contributed by atoms with E-state index in [0.29, 0.717) is 0 Å². The minimum absolute atomic E-state index is 0.529. The second kappa shape index (κ2) is 2.27. The molecule has 0 fully saturated rings. The molecule has 1 nitrogen and oxygen atoms in total. The fourth-order valence-corrected chi connectivity index (χ4v) is 0. The van der Waals surface area contributed by atoms with Crippen LogP contribution in [0.1, 0.15) is 0 Å². The van der Waals surface area contributed by atoms with E-state index in [1.54, 1.807) is 0 Å². The summed E-state index contributed by atoms with van der Waals surface area (Å²) < 4.78 is 0. The highest BCUT2D eigenvalue weighted by atomic mass is 32.2. The molecule has 0 spiro atoms. The number of carbonyl (C=O) groups is 1. The quantitative estimate of drug-likeness (QED) is 0.369. The van der Waals surface area contributed by atoms with Gasteiger partial charge < -0.3 is 0 Å². The lowest BCUT2D eigenvalue weighted by atomic mass is 11.8. The number of thiol groups is 1. The average molecular weight is 91.2 g/mol. The van der Waals surface area contributed by atoms with Gasteiger partial charge in [0.1, 0.15) is 0 Å². The molecule has 0 saturated heterocycles. The van der Waals surface area contributed by atoms with Gasteiger partial charge in [-0.05, 0) is 12.5 Å². The number of hydrogen-bond acceptors (Lipinski definition) is 1. The highest BCUT2D eigenvalue weighted by Gasteiger charge is 1.72. The molecule has 0 amide bonds. The maximum atomic E-state index is 9.47. The van der Waals surface area contributed by atoms with Gasteiger partial charge in [-0.2, -0.15) is 10.9 Å². The molecule has 0 aromatic rings. The Bertz CT molecular complexity index is 33.9. The predicted octanol–water partition coefficient (Wildman–Crippen LogP) is 0.599. The molecule has 0 aliphatic heterocycles. The Labute approximate surface area is 34.7 Å². The highest BCUT2D eigenvalue weighted by Crippen LogP contribution is 2.07. The van der Waals surface area contributed by atoms with Crippen molar-refractivity contribution in [2.45, 2.75) is 0 Å². The van der Waals surface area contributed by atoms with E-state index in [1.165, 1.54) is 0 Å². The number of hydrogen-bond donors (Lipinski definition) is 1. The van der Waals surface area contributed by atoms with Gasteiger partial charge in [0.2, 0.25) is 0 Å². The van der Waals surface area contributed by atoms with E-state index < -0.39 is 10.9 Å². The molecule has 0 saturated carbocycles. The molecule has 5 heavy (non-hydrogen) atoms. The van der Waals surface area contributed by atoms with E-state index in [-0.39, 0.29) is 0 Å². The highest BCUT2D eigenvalue weighted by molar-refractivity contribution is 8.28. The van der Waals surface area contributed by atoms with Gasteiger partial charge in [0, 0.05) is 0 Å². The molecule has 1 atom stereocenters. The monoisotopic (exact) mass is 91.0 g/mol. The zero-order valence-electron chi connectivity index (χ0n) is 3.14. The first-order valence-electron chi connectivity index (χ1n) is 1.26. The van der Waals surface area contributed by atoms with Crippen LogP contribution < -0.4 is 0 Å². The summed E-state index contributed by atoms with van der Waals surface area (Å²) in [4.78, 5) is 9.47. The first kappa shape index (κ1) is 5.02. The summed E-state index contributed by atoms with van der Waals surface area (Å²) in [5.74, 6) is 0. The van der Waals surface area contributed by atoms with Crippen LogP contribution in [0.3, 0.4) is 0 Å². The molecule has 0 heterocycles. The minimum Gasteiger partial charge on any atom is -0.293 e. The van der Waals surface area contributed by atoms with Gasteiger partial charge in [0.05, 0.1) is 0 Å². The number of carbonyl (C=O) groups excluding carboxylic acids is 1. The van der Waals surface area contributed by atoms with Crippen LogP contribution in [0, 0.1) is 6.26 Å². The van der Waals surface area contributed by atoms with Gasteiger partial charge >= 0.3 is 0 Å². The van der Waals surface area contributed by atoms with Crippen molar-refractivity contribution in [3.8, 4) is 0 Å². The van der Waals surface area contributed by atoms with E-state index in [9.17, 15) is 4.79 Å². The molecule has 0 bridgehead atoms. The van der Waals surface area contributed by atoms with Crippen LogP contribution in [-0.2, 0) is 4.79 Å². The maximum Gasteiger partial charge on any atom is 0.156 e. The average Bonchev–Trinajstić information content (AvgIpc) is 1.38. The summed E-state index contributed by atoms with van der Waals surface area (Å²) in [5.41, 5.74) is 0.870. The Hall–Kier alpha value is 0.0200. The maximum absolute atomic E-state index is 9.47. The van der Waals surface area contributed by atoms with Crippen molar-refractivity contribution in [2.75, 3.05) is 6.26 Å². The summed E-state index contributed by atoms with van der Waals surface area (Å²) in [7, 11) is -0.529. The lowest BCUT2D eigenvalue weighted by Crippen LogP contribution is -1.62. The summed E-state index contributed by atoms with van der Waals surface area (Å²) >= 11 is 0. The van der Waals surface area contributed by atoms with Crippen LogP contribution in [0.25, 0.3) is 0 Å². The Morgan fingerprint density at radius 3 is 2.20 bits per heavy atom. The van der Waals surface area contributed by atoms with Crippen LogP contribution in [0.15, 0.2) is 0 Å². The molecule has 31 valence electrons. The largest absolute Gasteiger partial charge is 0.293 e. The fraction of sp³-hybridized carbons (Fsp3) is 0.333. The molecular formula is C3H7OS. The smallest absolute Gasteiger partial charge is 0.156 e. The van der Waals surface area contributed by atoms with E-state index in [1.807, 2.05) is 6.26 Å². The zero-order valence-corrected chi connectivity index (χ0v) is 4.03. The molecule has 0 aliphatic carbocycles. The van der Waals surface area contributed by atoms with Crippen LogP contribution in [0.4, 0.5) is 0 Å². The van der Waals surface area contributed by atoms with Crippen LogP contribution in [-0.4, -0.2) is 11.9 Å². The van der Waals surface area contributed by atoms with Gasteiger partial charge in [-0.25, -0.2) is 0 Å². The van der Waals surface area contributed by atoms with Crippen molar-refractivity contribution >= 4 is 16.5 Å². The third-order valence-corrected chi connectivity index (χ3v) is 0.540. The molecule has 1 unspecified atom stereocenters. The van der Waals surface area contributed by atoms with Crippen molar-refractivity contribution in [3.63, 3.8) is 0 Å². The van der Waals surface area contributed by atoms with E-state index in [4.69, 9.17) is 0 Å². The van der Waals surface area contributed by atoms with Crippen molar-refractivity contribution in [1.82, 2.24) is 0 Å². The molecule has 0 N–H and O–H groups in total. The first-order chi connectivity index (χ1) is 2.27. The third-order valence-electron chi connectivity index (χ3n) is 0.180. The fourth-order valence-electron chi connectivity index (χ4n) is 0. The van der Waals surface area contributed by atoms with Gasteiger partial charge in [-0.1, -0.05) is 0 Å². The Kier molecular flexibility index (Phi) is 2.28. The lowest BCUT2D eigenvalue weighted by molar-refractivity contribution is 0.570. The summed E-state index contributed by atoms with van der Waals surface area (Å²) in [6.45, 7) is 0. The second-order valence-electron chi connectivity index (χ2n) is 0.862. The van der Waals surface area contributed by atoms with Gasteiger partial charge in [-0.15, -0.1) is 0 Å². The Morgan fingerprint density at radius 1 is 2.00 bits per heavy atom. The normalized spacial score (nSPS) is 10.4. The molecule has 0 aromatic heterocycles. The van der Waals surface area contributed by atoms with Gasteiger partial charge in [-0.3, -0.25) is 4.79 Å². The second-order valence-corrected chi connectivity index (χ2v) is 2.59. The van der Waals surface area contributed by atoms with E-state index in [0.717, 1.165) is 5.62 Å². The third kappa shape index (κ3) is 4.02. The SMILES string of the molecule is [CH2][SH](C)C=O. The molecule has 0 rings (SSSR count).